The van der Waals surface area contributed by atoms with Crippen molar-refractivity contribution in [2.24, 2.45) is 5.73 Å². The molecular weight excluding hydrogens is 500 g/mol. The number of rotatable bonds is 7. The number of para-hydroxylation sites is 1. The number of primary amides is 1. The highest BCUT2D eigenvalue weighted by atomic mass is 32.1. The van der Waals surface area contributed by atoms with Gasteiger partial charge in [0.05, 0.1) is 11.2 Å². The van der Waals surface area contributed by atoms with Gasteiger partial charge in [0.15, 0.2) is 5.69 Å². The normalized spacial score (nSPS) is 14.3. The van der Waals surface area contributed by atoms with Gasteiger partial charge in [0.1, 0.15) is 10.9 Å². The fraction of sp³-hybridized carbons (Fsp3) is 0.250. The van der Waals surface area contributed by atoms with E-state index in [1.54, 1.807) is 12.3 Å². The molecule has 0 aliphatic heterocycles. The van der Waals surface area contributed by atoms with E-state index < -0.39 is 17.9 Å². The molecular formula is C28H28N6O3S. The number of fused-ring (bicyclic) bond motifs is 1. The first-order valence-electron chi connectivity index (χ1n) is 12.4. The van der Waals surface area contributed by atoms with Crippen LogP contribution in [0.5, 0.6) is 0 Å². The standard InChI is InChI=1S/C28H28N6O3S/c1-16-7-2-5-11-21(16)34(28(37)25-22(29)23(26(30)35)33-38-25)24(27(36)32-19-9-3-4-10-19)18-12-13-20-17(15-18)8-6-14-31-20/h2,5-8,11-15,19,24H,3-4,9-10,29H2,1H3,(H2,30,35)(H,32,36)/t24-/m1/s1. The van der Waals surface area contributed by atoms with Gasteiger partial charge in [-0.2, -0.15) is 4.37 Å². The molecule has 0 radical (unpaired) electrons. The van der Waals surface area contributed by atoms with E-state index in [4.69, 9.17) is 11.5 Å². The van der Waals surface area contributed by atoms with Crippen molar-refractivity contribution in [3.8, 4) is 0 Å². The molecule has 3 amide bonds. The first-order valence-corrected chi connectivity index (χ1v) is 13.2. The number of hydrogen-bond acceptors (Lipinski definition) is 7. The second-order valence-electron chi connectivity index (χ2n) is 9.45. The second kappa shape index (κ2) is 10.6. The Morgan fingerprint density at radius 1 is 1.08 bits per heavy atom. The van der Waals surface area contributed by atoms with E-state index in [1.807, 2.05) is 55.5 Å². The second-order valence-corrected chi connectivity index (χ2v) is 10.2. The summed E-state index contributed by atoms with van der Waals surface area (Å²) in [6.45, 7) is 1.87. The lowest BCUT2D eigenvalue weighted by Crippen LogP contribution is -2.46. The van der Waals surface area contributed by atoms with Crippen LogP contribution in [0.3, 0.4) is 0 Å². The predicted octanol–water partition coefficient (Wildman–Crippen LogP) is 4.13. The summed E-state index contributed by atoms with van der Waals surface area (Å²) < 4.78 is 4.02. The van der Waals surface area contributed by atoms with Crippen LogP contribution < -0.4 is 21.7 Å². The van der Waals surface area contributed by atoms with Crippen LogP contribution in [-0.4, -0.2) is 33.1 Å². The number of nitrogens with one attached hydrogen (secondary N) is 1. The number of aryl methyl sites for hydroxylation is 1. The topological polar surface area (TPSA) is 144 Å². The number of anilines is 2. The van der Waals surface area contributed by atoms with Crippen LogP contribution in [0.25, 0.3) is 10.9 Å². The number of carbonyl (C=O) groups is 3. The number of nitrogen functional groups attached to an aromatic ring is 1. The number of carbonyl (C=O) groups excluding carboxylic acids is 3. The zero-order chi connectivity index (χ0) is 26.8. The Balaban J connectivity index is 1.69. The summed E-state index contributed by atoms with van der Waals surface area (Å²) in [6.07, 6.45) is 5.58. The van der Waals surface area contributed by atoms with Crippen molar-refractivity contribution in [2.45, 2.75) is 44.7 Å². The first-order chi connectivity index (χ1) is 18.3. The van der Waals surface area contributed by atoms with E-state index in [2.05, 4.69) is 14.7 Å². The Morgan fingerprint density at radius 3 is 2.55 bits per heavy atom. The molecule has 38 heavy (non-hydrogen) atoms. The molecule has 194 valence electrons. The van der Waals surface area contributed by atoms with E-state index in [9.17, 15) is 14.4 Å². The molecule has 1 saturated carbocycles. The van der Waals surface area contributed by atoms with Crippen LogP contribution in [-0.2, 0) is 4.79 Å². The molecule has 0 saturated heterocycles. The summed E-state index contributed by atoms with van der Waals surface area (Å²) in [5, 5.41) is 4.02. The maximum Gasteiger partial charge on any atom is 0.273 e. The number of nitrogens with zero attached hydrogens (tertiary/aromatic N) is 3. The zero-order valence-electron chi connectivity index (χ0n) is 20.9. The molecule has 1 aliphatic carbocycles. The minimum Gasteiger partial charge on any atom is -0.395 e. The zero-order valence-corrected chi connectivity index (χ0v) is 21.7. The van der Waals surface area contributed by atoms with E-state index in [0.29, 0.717) is 11.3 Å². The number of aromatic nitrogens is 2. The van der Waals surface area contributed by atoms with E-state index in [1.165, 1.54) is 4.90 Å². The molecule has 0 bridgehead atoms. The summed E-state index contributed by atoms with van der Waals surface area (Å²) in [4.78, 5) is 46.0. The number of hydrogen-bond donors (Lipinski definition) is 3. The van der Waals surface area contributed by atoms with Crippen molar-refractivity contribution < 1.29 is 14.4 Å². The molecule has 4 aromatic rings. The van der Waals surface area contributed by atoms with Gasteiger partial charge >= 0.3 is 0 Å². The molecule has 2 heterocycles. The molecule has 2 aromatic heterocycles. The molecule has 10 heteroatoms. The number of amides is 3. The Kier molecular flexibility index (Phi) is 7.06. The van der Waals surface area contributed by atoms with Crippen molar-refractivity contribution in [3.05, 3.63) is 82.5 Å². The molecule has 5 rings (SSSR count). The summed E-state index contributed by atoms with van der Waals surface area (Å²) >= 11 is 0.792. The van der Waals surface area contributed by atoms with Crippen molar-refractivity contribution in [1.82, 2.24) is 14.7 Å². The number of benzene rings is 2. The van der Waals surface area contributed by atoms with Crippen molar-refractivity contribution in [3.63, 3.8) is 0 Å². The Morgan fingerprint density at radius 2 is 1.84 bits per heavy atom. The van der Waals surface area contributed by atoms with Gasteiger partial charge in [-0.05, 0) is 66.7 Å². The number of nitrogens with two attached hydrogens (primary N) is 2. The van der Waals surface area contributed by atoms with Gasteiger partial charge in [-0.25, -0.2) is 0 Å². The summed E-state index contributed by atoms with van der Waals surface area (Å²) in [6, 6.07) is 15.6. The van der Waals surface area contributed by atoms with Crippen LogP contribution in [0.4, 0.5) is 11.4 Å². The SMILES string of the molecule is Cc1ccccc1N(C(=O)c1snc(C(N)=O)c1N)[C@@H](C(=O)NC1CCCC1)c1ccc2ncccc2c1. The molecule has 5 N–H and O–H groups in total. The van der Waals surface area contributed by atoms with Gasteiger partial charge in [-0.1, -0.05) is 43.2 Å². The first kappa shape index (κ1) is 25.3. The molecule has 1 fully saturated rings. The van der Waals surface area contributed by atoms with Crippen LogP contribution in [0.1, 0.15) is 63.0 Å². The third-order valence-electron chi connectivity index (χ3n) is 6.90. The minimum atomic E-state index is -1.02. The van der Waals surface area contributed by atoms with Crippen LogP contribution in [0.15, 0.2) is 60.8 Å². The lowest BCUT2D eigenvalue weighted by Gasteiger charge is -2.33. The Hall–Kier alpha value is -4.31. The lowest BCUT2D eigenvalue weighted by atomic mass is 9.99. The molecule has 1 aliphatic rings. The monoisotopic (exact) mass is 528 g/mol. The Bertz CT molecular complexity index is 1530. The highest BCUT2D eigenvalue weighted by Crippen LogP contribution is 2.36. The fourth-order valence-corrected chi connectivity index (χ4v) is 5.71. The maximum absolute atomic E-state index is 14.2. The predicted molar refractivity (Wildman–Crippen MR) is 148 cm³/mol. The van der Waals surface area contributed by atoms with Crippen molar-refractivity contribution >= 4 is 51.5 Å². The van der Waals surface area contributed by atoms with Crippen LogP contribution in [0.2, 0.25) is 0 Å². The molecule has 2 aromatic carbocycles. The molecule has 1 atom stereocenters. The van der Waals surface area contributed by atoms with Gasteiger partial charge in [-0.15, -0.1) is 0 Å². The quantitative estimate of drug-likeness (QED) is 0.329. The summed E-state index contributed by atoms with van der Waals surface area (Å²) in [5.74, 6) is -1.66. The largest absolute Gasteiger partial charge is 0.395 e. The molecule has 9 nitrogen and oxygen atoms in total. The van der Waals surface area contributed by atoms with Gasteiger partial charge < -0.3 is 16.8 Å². The van der Waals surface area contributed by atoms with Gasteiger partial charge in [-0.3, -0.25) is 24.3 Å². The molecule has 0 unspecified atom stereocenters. The third-order valence-corrected chi connectivity index (χ3v) is 7.75. The van der Waals surface area contributed by atoms with Crippen molar-refractivity contribution in [1.29, 1.82) is 0 Å². The third kappa shape index (κ3) is 4.82. The summed E-state index contributed by atoms with van der Waals surface area (Å²) in [7, 11) is 0. The fourth-order valence-electron chi connectivity index (χ4n) is 4.97. The van der Waals surface area contributed by atoms with E-state index >= 15 is 0 Å². The van der Waals surface area contributed by atoms with Gasteiger partial charge in [0, 0.05) is 23.3 Å². The van der Waals surface area contributed by atoms with E-state index in [-0.39, 0.29) is 28.2 Å². The smallest absolute Gasteiger partial charge is 0.273 e. The van der Waals surface area contributed by atoms with Gasteiger partial charge in [0.2, 0.25) is 5.91 Å². The number of pyridine rings is 1. The Labute approximate surface area is 224 Å². The average molecular weight is 529 g/mol. The maximum atomic E-state index is 14.2. The lowest BCUT2D eigenvalue weighted by molar-refractivity contribution is -0.123. The minimum absolute atomic E-state index is 0.0379. The highest BCUT2D eigenvalue weighted by Gasteiger charge is 2.37. The van der Waals surface area contributed by atoms with E-state index in [0.717, 1.165) is 53.7 Å². The molecule has 0 spiro atoms. The van der Waals surface area contributed by atoms with Crippen LogP contribution >= 0.6 is 11.5 Å². The van der Waals surface area contributed by atoms with Gasteiger partial charge in [0.25, 0.3) is 11.8 Å². The summed E-state index contributed by atoms with van der Waals surface area (Å²) in [5.41, 5.74) is 14.1. The average Bonchev–Trinajstić information content (AvgIpc) is 3.56. The highest BCUT2D eigenvalue weighted by molar-refractivity contribution is 7.09. The van der Waals surface area contributed by atoms with Crippen LogP contribution in [0, 0.1) is 6.92 Å². The van der Waals surface area contributed by atoms with Crippen molar-refractivity contribution in [2.75, 3.05) is 10.6 Å².